The Kier molecular flexibility index (Phi) is 5.27. The zero-order valence-corrected chi connectivity index (χ0v) is 17.3. The number of rotatable bonds is 3. The van der Waals surface area contributed by atoms with Crippen LogP contribution < -0.4 is 10.6 Å². The van der Waals surface area contributed by atoms with Crippen LogP contribution in [0.2, 0.25) is 5.02 Å². The number of hydrogen-bond donors (Lipinski definition) is 2. The molecule has 3 aliphatic heterocycles. The number of fused-ring (bicyclic) bond motifs is 2. The Balaban J connectivity index is 1.38. The molecule has 4 rings (SSSR count). The van der Waals surface area contributed by atoms with E-state index in [1.165, 1.54) is 0 Å². The molecule has 6 nitrogen and oxygen atoms in total. The summed E-state index contributed by atoms with van der Waals surface area (Å²) in [5.41, 5.74) is 0.549. The number of likely N-dealkylation sites (tertiary alicyclic amines) is 2. The predicted molar refractivity (Wildman–Crippen MR) is 110 cm³/mol. The fourth-order valence-electron chi connectivity index (χ4n) is 5.18. The van der Waals surface area contributed by atoms with Gasteiger partial charge in [-0.2, -0.15) is 0 Å². The number of amides is 3. The number of piperidine rings is 1. The van der Waals surface area contributed by atoms with Gasteiger partial charge in [0.25, 0.3) is 0 Å². The van der Waals surface area contributed by atoms with Gasteiger partial charge in [-0.05, 0) is 37.0 Å². The number of anilines is 1. The molecule has 2 atom stereocenters. The van der Waals surface area contributed by atoms with Crippen molar-refractivity contribution in [1.29, 1.82) is 0 Å². The number of urea groups is 1. The topological polar surface area (TPSA) is 64.7 Å². The fourth-order valence-corrected chi connectivity index (χ4v) is 5.37. The van der Waals surface area contributed by atoms with Crippen molar-refractivity contribution in [3.8, 4) is 0 Å². The molecule has 2 N–H and O–H groups in total. The van der Waals surface area contributed by atoms with Crippen molar-refractivity contribution in [1.82, 2.24) is 15.1 Å². The van der Waals surface area contributed by atoms with Crippen LogP contribution in [-0.2, 0) is 4.79 Å². The Morgan fingerprint density at radius 2 is 2.07 bits per heavy atom. The largest absolute Gasteiger partial charge is 0.350 e. The minimum atomic E-state index is -0.152. The van der Waals surface area contributed by atoms with Gasteiger partial charge in [-0.1, -0.05) is 31.5 Å². The van der Waals surface area contributed by atoms with E-state index in [1.54, 1.807) is 12.1 Å². The normalized spacial score (nSPS) is 26.6. The number of hydrogen-bond acceptors (Lipinski definition) is 3. The molecule has 7 heteroatoms. The van der Waals surface area contributed by atoms with Crippen LogP contribution in [0.1, 0.15) is 26.7 Å². The van der Waals surface area contributed by atoms with Crippen molar-refractivity contribution >= 4 is 29.2 Å². The molecule has 0 radical (unpaired) electrons. The minimum absolute atomic E-state index is 0.102. The molecular weight excluding hydrogens is 376 g/mol. The molecule has 0 unspecified atom stereocenters. The van der Waals surface area contributed by atoms with Crippen molar-refractivity contribution in [2.75, 3.05) is 38.0 Å². The van der Waals surface area contributed by atoms with E-state index in [2.05, 4.69) is 29.4 Å². The number of benzene rings is 1. The van der Waals surface area contributed by atoms with Crippen molar-refractivity contribution in [2.24, 2.45) is 17.8 Å². The molecule has 3 aliphatic rings. The summed E-state index contributed by atoms with van der Waals surface area (Å²) in [6, 6.07) is 7.07. The van der Waals surface area contributed by atoms with Crippen molar-refractivity contribution < 1.29 is 9.59 Å². The molecule has 3 heterocycles. The summed E-state index contributed by atoms with van der Waals surface area (Å²) in [6.45, 7) is 8.65. The third-order valence-corrected chi connectivity index (χ3v) is 6.69. The zero-order valence-electron chi connectivity index (χ0n) is 16.6. The summed E-state index contributed by atoms with van der Waals surface area (Å²) in [6.07, 6.45) is 1.64. The maximum atomic E-state index is 12.6. The van der Waals surface area contributed by atoms with Crippen LogP contribution in [-0.4, -0.2) is 60.0 Å². The van der Waals surface area contributed by atoms with Gasteiger partial charge in [-0.3, -0.25) is 4.79 Å². The van der Waals surface area contributed by atoms with Gasteiger partial charge in [-0.25, -0.2) is 4.79 Å². The van der Waals surface area contributed by atoms with Crippen molar-refractivity contribution in [3.63, 3.8) is 0 Å². The smallest absolute Gasteiger partial charge is 0.321 e. The Morgan fingerprint density at radius 1 is 1.32 bits per heavy atom. The number of nitrogens with one attached hydrogen (secondary N) is 2. The number of carbonyl (C=O) groups excluding carboxylic acids is 2. The average Bonchev–Trinajstić information content (AvgIpc) is 3.15. The van der Waals surface area contributed by atoms with Gasteiger partial charge in [0.1, 0.15) is 0 Å². The lowest BCUT2D eigenvalue weighted by atomic mass is 9.75. The SMILES string of the molecule is CC(C)CN1C[C@H]2C(=O)NC3(CCN(C(=O)Nc4cccc(Cl)c4)CC3)[C@H]2C1. The van der Waals surface area contributed by atoms with Crippen LogP contribution in [0.3, 0.4) is 0 Å². The van der Waals surface area contributed by atoms with Crippen LogP contribution in [0.25, 0.3) is 0 Å². The highest BCUT2D eigenvalue weighted by Gasteiger charge is 2.57. The summed E-state index contributed by atoms with van der Waals surface area (Å²) < 4.78 is 0. The summed E-state index contributed by atoms with van der Waals surface area (Å²) >= 11 is 6.00. The van der Waals surface area contributed by atoms with Crippen LogP contribution in [0, 0.1) is 17.8 Å². The first-order valence-corrected chi connectivity index (χ1v) is 10.6. The van der Waals surface area contributed by atoms with E-state index in [4.69, 9.17) is 11.6 Å². The first-order valence-electron chi connectivity index (χ1n) is 10.2. The van der Waals surface area contributed by atoms with E-state index in [0.29, 0.717) is 35.6 Å². The maximum absolute atomic E-state index is 12.6. The van der Waals surface area contributed by atoms with Gasteiger partial charge < -0.3 is 20.4 Å². The fraction of sp³-hybridized carbons (Fsp3) is 0.619. The van der Waals surface area contributed by atoms with Crippen LogP contribution in [0.15, 0.2) is 24.3 Å². The minimum Gasteiger partial charge on any atom is -0.350 e. The first kappa shape index (κ1) is 19.5. The lowest BCUT2D eigenvalue weighted by Gasteiger charge is -2.42. The van der Waals surface area contributed by atoms with E-state index >= 15 is 0 Å². The predicted octanol–water partition coefficient (Wildman–Crippen LogP) is 3.04. The van der Waals surface area contributed by atoms with E-state index in [0.717, 1.165) is 32.5 Å². The van der Waals surface area contributed by atoms with Gasteiger partial charge >= 0.3 is 6.03 Å². The maximum Gasteiger partial charge on any atom is 0.321 e. The molecule has 0 bridgehead atoms. The number of nitrogens with zero attached hydrogens (tertiary/aromatic N) is 2. The molecule has 3 fully saturated rings. The molecule has 3 amide bonds. The Hall–Kier alpha value is -1.79. The first-order chi connectivity index (χ1) is 13.4. The second-order valence-corrected chi connectivity index (χ2v) is 9.33. The highest BCUT2D eigenvalue weighted by molar-refractivity contribution is 6.30. The monoisotopic (exact) mass is 404 g/mol. The second kappa shape index (κ2) is 7.56. The lowest BCUT2D eigenvalue weighted by Crippen LogP contribution is -2.56. The van der Waals surface area contributed by atoms with Crippen LogP contribution in [0.5, 0.6) is 0 Å². The van der Waals surface area contributed by atoms with Crippen molar-refractivity contribution in [3.05, 3.63) is 29.3 Å². The molecule has 1 spiro atoms. The number of carbonyl (C=O) groups is 2. The summed E-state index contributed by atoms with van der Waals surface area (Å²) in [5, 5.41) is 6.84. The lowest BCUT2D eigenvalue weighted by molar-refractivity contribution is -0.123. The summed E-state index contributed by atoms with van der Waals surface area (Å²) in [4.78, 5) is 29.5. The van der Waals surface area contributed by atoms with Crippen LogP contribution >= 0.6 is 11.6 Å². The standard InChI is InChI=1S/C21H29ClN4O2/c1-14(2)11-25-12-17-18(13-25)21(24-19(17)27)6-8-26(9-7-21)20(28)23-16-5-3-4-15(22)10-16/h3-5,10,14,17-18H,6-9,11-13H2,1-2H3,(H,23,28)(H,24,27)/t17-,18+/m1/s1. The Morgan fingerprint density at radius 3 is 2.75 bits per heavy atom. The third kappa shape index (κ3) is 3.72. The zero-order chi connectivity index (χ0) is 19.9. The van der Waals surface area contributed by atoms with Crippen molar-refractivity contribution in [2.45, 2.75) is 32.2 Å². The molecule has 1 aromatic carbocycles. The molecule has 0 saturated carbocycles. The Labute approximate surface area is 171 Å². The molecular formula is C21H29ClN4O2. The van der Waals surface area contributed by atoms with Crippen LogP contribution in [0.4, 0.5) is 10.5 Å². The van der Waals surface area contributed by atoms with E-state index in [9.17, 15) is 9.59 Å². The molecule has 28 heavy (non-hydrogen) atoms. The average molecular weight is 405 g/mol. The molecule has 3 saturated heterocycles. The van der Waals surface area contributed by atoms with Gasteiger partial charge in [-0.15, -0.1) is 0 Å². The van der Waals surface area contributed by atoms with Gasteiger partial charge in [0.2, 0.25) is 5.91 Å². The second-order valence-electron chi connectivity index (χ2n) is 8.90. The molecule has 1 aromatic rings. The van der Waals surface area contributed by atoms with Gasteiger partial charge in [0.05, 0.1) is 5.92 Å². The quantitative estimate of drug-likeness (QED) is 0.813. The molecule has 152 valence electrons. The highest BCUT2D eigenvalue weighted by Crippen LogP contribution is 2.44. The van der Waals surface area contributed by atoms with Gasteiger partial charge in [0.15, 0.2) is 0 Å². The Bertz CT molecular complexity index is 761. The van der Waals surface area contributed by atoms with E-state index in [-0.39, 0.29) is 23.4 Å². The molecule has 0 aromatic heterocycles. The van der Waals surface area contributed by atoms with Gasteiger partial charge in [0, 0.05) is 54.9 Å². The third-order valence-electron chi connectivity index (χ3n) is 6.46. The summed E-state index contributed by atoms with van der Waals surface area (Å²) in [5.74, 6) is 1.27. The summed E-state index contributed by atoms with van der Waals surface area (Å²) in [7, 11) is 0. The van der Waals surface area contributed by atoms with E-state index < -0.39 is 0 Å². The van der Waals surface area contributed by atoms with E-state index in [1.807, 2.05) is 17.0 Å². The molecule has 0 aliphatic carbocycles. The number of halogens is 1. The highest BCUT2D eigenvalue weighted by atomic mass is 35.5.